The van der Waals surface area contributed by atoms with Crippen molar-refractivity contribution in [1.82, 2.24) is 14.7 Å². The first-order valence-corrected chi connectivity index (χ1v) is 8.90. The third kappa shape index (κ3) is 3.03. The molecule has 0 saturated heterocycles. The van der Waals surface area contributed by atoms with E-state index in [2.05, 4.69) is 4.98 Å². The molecule has 1 aliphatic carbocycles. The van der Waals surface area contributed by atoms with Gasteiger partial charge in [0.25, 0.3) is 0 Å². The molecule has 134 valence electrons. The second-order valence-electron chi connectivity index (χ2n) is 6.76. The predicted octanol–water partition coefficient (Wildman–Crippen LogP) is 4.33. The molecule has 0 radical (unpaired) electrons. The molecule has 4 rings (SSSR count). The topological polar surface area (TPSA) is 70.9 Å². The molecular formula is C20H20FN3O2. The van der Waals surface area contributed by atoms with E-state index in [1.807, 2.05) is 0 Å². The first-order valence-electron chi connectivity index (χ1n) is 8.90. The maximum absolute atomic E-state index is 13.3. The molecule has 0 unspecified atom stereocenters. The van der Waals surface area contributed by atoms with Crippen LogP contribution in [0.1, 0.15) is 43.8 Å². The molecule has 1 saturated carbocycles. The number of rotatable bonds is 3. The first-order chi connectivity index (χ1) is 12.6. The zero-order chi connectivity index (χ0) is 18.1. The number of hydrogen-bond acceptors (Lipinski definition) is 3. The van der Waals surface area contributed by atoms with Crippen LogP contribution in [0.2, 0.25) is 0 Å². The van der Waals surface area contributed by atoms with Gasteiger partial charge in [0.1, 0.15) is 23.0 Å². The number of H-pyrrole nitrogens is 1. The maximum Gasteiger partial charge on any atom is 0.248 e. The number of nitrogens with zero attached hydrogens (tertiary/aromatic N) is 2. The smallest absolute Gasteiger partial charge is 0.248 e. The lowest BCUT2D eigenvalue weighted by molar-refractivity contribution is 0.171. The Labute approximate surface area is 150 Å². The van der Waals surface area contributed by atoms with Crippen molar-refractivity contribution < 1.29 is 9.60 Å². The normalized spacial score (nSPS) is 15.3. The highest BCUT2D eigenvalue weighted by Crippen LogP contribution is 2.38. The second kappa shape index (κ2) is 6.78. The van der Waals surface area contributed by atoms with Crippen LogP contribution in [0.25, 0.3) is 22.5 Å². The molecule has 1 aliphatic rings. The van der Waals surface area contributed by atoms with Gasteiger partial charge in [-0.1, -0.05) is 19.3 Å². The predicted molar refractivity (Wildman–Crippen MR) is 96.7 cm³/mol. The van der Waals surface area contributed by atoms with E-state index in [1.165, 1.54) is 24.6 Å². The van der Waals surface area contributed by atoms with Gasteiger partial charge in [0.15, 0.2) is 0 Å². The van der Waals surface area contributed by atoms with E-state index in [1.54, 1.807) is 24.4 Å². The highest BCUT2D eigenvalue weighted by Gasteiger charge is 2.26. The average Bonchev–Trinajstić information content (AvgIpc) is 3.00. The fraction of sp³-hybridized carbons (Fsp3) is 0.300. The number of aromatic amines is 1. The fourth-order valence-electron chi connectivity index (χ4n) is 3.71. The Hall–Kier alpha value is -2.89. The van der Waals surface area contributed by atoms with Gasteiger partial charge in [-0.2, -0.15) is 4.73 Å². The van der Waals surface area contributed by atoms with Crippen LogP contribution < -0.4 is 5.56 Å². The van der Waals surface area contributed by atoms with E-state index in [4.69, 9.17) is 4.98 Å². The third-order valence-electron chi connectivity index (χ3n) is 5.02. The molecule has 26 heavy (non-hydrogen) atoms. The van der Waals surface area contributed by atoms with Crippen LogP contribution >= 0.6 is 0 Å². The van der Waals surface area contributed by atoms with Crippen LogP contribution in [-0.2, 0) is 0 Å². The second-order valence-corrected chi connectivity index (χ2v) is 6.76. The summed E-state index contributed by atoms with van der Waals surface area (Å²) >= 11 is 0. The SMILES string of the molecule is O=c1cc(-c2c(-c3ccc(F)cc3)nc(C3CCCCC3)n2O)cc[nH]1. The quantitative estimate of drug-likeness (QED) is 0.689. The summed E-state index contributed by atoms with van der Waals surface area (Å²) in [5, 5.41) is 10.9. The van der Waals surface area contributed by atoms with E-state index in [0.29, 0.717) is 28.3 Å². The van der Waals surface area contributed by atoms with Gasteiger partial charge in [-0.25, -0.2) is 9.37 Å². The summed E-state index contributed by atoms with van der Waals surface area (Å²) in [5.74, 6) is 0.463. The van der Waals surface area contributed by atoms with Gasteiger partial charge < -0.3 is 10.2 Å². The number of imidazole rings is 1. The average molecular weight is 353 g/mol. The van der Waals surface area contributed by atoms with Crippen molar-refractivity contribution in [3.05, 3.63) is 64.6 Å². The van der Waals surface area contributed by atoms with E-state index in [9.17, 15) is 14.4 Å². The molecular weight excluding hydrogens is 333 g/mol. The minimum Gasteiger partial charge on any atom is -0.427 e. The summed E-state index contributed by atoms with van der Waals surface area (Å²) < 4.78 is 14.4. The molecule has 0 aliphatic heterocycles. The molecule has 2 aromatic heterocycles. The number of aromatic nitrogens is 3. The fourth-order valence-corrected chi connectivity index (χ4v) is 3.71. The molecule has 1 fully saturated rings. The largest absolute Gasteiger partial charge is 0.427 e. The number of halogens is 1. The summed E-state index contributed by atoms with van der Waals surface area (Å²) in [4.78, 5) is 19.1. The van der Waals surface area contributed by atoms with Crippen molar-refractivity contribution in [2.75, 3.05) is 0 Å². The van der Waals surface area contributed by atoms with Crippen molar-refractivity contribution >= 4 is 0 Å². The lowest BCUT2D eigenvalue weighted by atomic mass is 9.89. The summed E-state index contributed by atoms with van der Waals surface area (Å²) in [7, 11) is 0. The van der Waals surface area contributed by atoms with Crippen molar-refractivity contribution in [2.45, 2.75) is 38.0 Å². The summed E-state index contributed by atoms with van der Waals surface area (Å²) in [6.07, 6.45) is 6.94. The zero-order valence-corrected chi connectivity index (χ0v) is 14.3. The Morgan fingerprint density at radius 1 is 1.08 bits per heavy atom. The zero-order valence-electron chi connectivity index (χ0n) is 14.3. The minimum absolute atomic E-state index is 0.184. The molecule has 0 amide bonds. The van der Waals surface area contributed by atoms with Gasteiger partial charge >= 0.3 is 0 Å². The van der Waals surface area contributed by atoms with E-state index in [0.717, 1.165) is 30.4 Å². The Morgan fingerprint density at radius 2 is 1.81 bits per heavy atom. The Morgan fingerprint density at radius 3 is 2.50 bits per heavy atom. The molecule has 0 spiro atoms. The highest BCUT2D eigenvalue weighted by molar-refractivity contribution is 5.78. The summed E-state index contributed by atoms with van der Waals surface area (Å²) in [5.41, 5.74) is 2.03. The third-order valence-corrected chi connectivity index (χ3v) is 5.02. The lowest BCUT2D eigenvalue weighted by Gasteiger charge is -2.20. The number of pyridine rings is 1. The van der Waals surface area contributed by atoms with Gasteiger partial charge in [0.05, 0.1) is 0 Å². The summed E-state index contributed by atoms with van der Waals surface area (Å²) in [6, 6.07) is 9.17. The van der Waals surface area contributed by atoms with Crippen molar-refractivity contribution in [2.24, 2.45) is 0 Å². The van der Waals surface area contributed by atoms with Crippen LogP contribution in [-0.4, -0.2) is 19.9 Å². The number of nitrogens with one attached hydrogen (secondary N) is 1. The van der Waals surface area contributed by atoms with E-state index < -0.39 is 0 Å². The van der Waals surface area contributed by atoms with Crippen molar-refractivity contribution in [3.63, 3.8) is 0 Å². The van der Waals surface area contributed by atoms with Crippen LogP contribution in [0.4, 0.5) is 4.39 Å². The van der Waals surface area contributed by atoms with Gasteiger partial charge in [-0.05, 0) is 43.2 Å². The Kier molecular flexibility index (Phi) is 4.32. The summed E-state index contributed by atoms with van der Waals surface area (Å²) in [6.45, 7) is 0. The standard InChI is InChI=1S/C20H20FN3O2/c21-16-8-6-13(7-9-16)18-19(15-10-11-22-17(25)12-15)24(26)20(23-18)14-4-2-1-3-5-14/h6-12,14,26H,1-5H2,(H,22,25). The van der Waals surface area contributed by atoms with Gasteiger partial charge in [0, 0.05) is 29.3 Å². The minimum atomic E-state index is -0.331. The van der Waals surface area contributed by atoms with E-state index >= 15 is 0 Å². The Balaban J connectivity index is 1.90. The van der Waals surface area contributed by atoms with Gasteiger partial charge in [-0.15, -0.1) is 0 Å². The maximum atomic E-state index is 13.3. The van der Waals surface area contributed by atoms with Crippen LogP contribution in [0.3, 0.4) is 0 Å². The number of benzene rings is 1. The lowest BCUT2D eigenvalue weighted by Crippen LogP contribution is -2.11. The Bertz CT molecular complexity index is 969. The van der Waals surface area contributed by atoms with Crippen molar-refractivity contribution in [3.8, 4) is 22.5 Å². The van der Waals surface area contributed by atoms with Gasteiger partial charge in [0.2, 0.25) is 5.56 Å². The molecule has 2 heterocycles. The van der Waals surface area contributed by atoms with Crippen molar-refractivity contribution in [1.29, 1.82) is 0 Å². The molecule has 5 nitrogen and oxygen atoms in total. The molecule has 3 aromatic rings. The van der Waals surface area contributed by atoms with Crippen LogP contribution in [0.5, 0.6) is 0 Å². The number of hydrogen-bond donors (Lipinski definition) is 2. The molecule has 0 bridgehead atoms. The molecule has 2 N–H and O–H groups in total. The highest BCUT2D eigenvalue weighted by atomic mass is 19.1. The molecule has 6 heteroatoms. The van der Waals surface area contributed by atoms with Crippen LogP contribution in [0.15, 0.2) is 47.4 Å². The molecule has 1 aromatic carbocycles. The van der Waals surface area contributed by atoms with Gasteiger partial charge in [-0.3, -0.25) is 4.79 Å². The van der Waals surface area contributed by atoms with E-state index in [-0.39, 0.29) is 17.3 Å². The first kappa shape index (κ1) is 16.6. The van der Waals surface area contributed by atoms with Crippen LogP contribution in [0, 0.1) is 5.82 Å². The monoisotopic (exact) mass is 353 g/mol. The molecule has 0 atom stereocenters.